The van der Waals surface area contributed by atoms with Gasteiger partial charge in [0, 0.05) is 19.7 Å². The third-order valence-electron chi connectivity index (χ3n) is 3.27. The monoisotopic (exact) mass is 377 g/mol. The van der Waals surface area contributed by atoms with Gasteiger partial charge in [-0.05, 0) is 13.0 Å². The molecule has 2 aromatic rings. The highest BCUT2D eigenvalue weighted by atomic mass is 35.5. The molecule has 2 heterocycles. The molecule has 1 N–H and O–H groups in total. The first-order valence-corrected chi connectivity index (χ1v) is 7.44. The van der Waals surface area contributed by atoms with E-state index in [0.717, 1.165) is 6.07 Å². The van der Waals surface area contributed by atoms with Gasteiger partial charge in [0.2, 0.25) is 5.82 Å². The molecule has 1 atom stereocenters. The molecule has 1 amide bonds. The summed E-state index contributed by atoms with van der Waals surface area (Å²) in [5.41, 5.74) is -0.848. The third kappa shape index (κ3) is 4.45. The van der Waals surface area contributed by atoms with Crippen molar-refractivity contribution in [2.24, 2.45) is 7.05 Å². The Morgan fingerprint density at radius 2 is 2.08 bits per heavy atom. The molecule has 25 heavy (non-hydrogen) atoms. The van der Waals surface area contributed by atoms with Crippen LogP contribution >= 0.6 is 11.6 Å². The van der Waals surface area contributed by atoms with Crippen molar-refractivity contribution in [2.45, 2.75) is 25.7 Å². The van der Waals surface area contributed by atoms with E-state index in [2.05, 4.69) is 20.4 Å². The summed E-state index contributed by atoms with van der Waals surface area (Å²) in [4.78, 5) is 19.6. The number of methoxy groups -OCH3 is 1. The Morgan fingerprint density at radius 1 is 1.40 bits per heavy atom. The van der Waals surface area contributed by atoms with Crippen LogP contribution < -0.4 is 5.32 Å². The van der Waals surface area contributed by atoms with Crippen molar-refractivity contribution >= 4 is 17.5 Å². The molecule has 0 bridgehead atoms. The summed E-state index contributed by atoms with van der Waals surface area (Å²) < 4.78 is 44.0. The van der Waals surface area contributed by atoms with Crippen molar-refractivity contribution in [2.75, 3.05) is 7.11 Å². The lowest BCUT2D eigenvalue weighted by atomic mass is 10.1. The molecule has 136 valence electrons. The van der Waals surface area contributed by atoms with Crippen LogP contribution in [0.25, 0.3) is 0 Å². The fourth-order valence-corrected chi connectivity index (χ4v) is 2.41. The fourth-order valence-electron chi connectivity index (χ4n) is 2.09. The fraction of sp³-hybridized carbons (Fsp3) is 0.429. The van der Waals surface area contributed by atoms with Gasteiger partial charge in [-0.25, -0.2) is 14.6 Å². The first kappa shape index (κ1) is 19.1. The predicted octanol–water partition coefficient (Wildman–Crippen LogP) is 2.52. The molecule has 0 aliphatic rings. The zero-order valence-electron chi connectivity index (χ0n) is 13.6. The standard InChI is InChI=1S/C14H15ClF3N5O2/c1-7(8-4-5-9(14(16,17)18)20-11(8)15)19-13(24)12-21-10(6-25-3)22-23(12)2/h4-5,7H,6H2,1-3H3,(H,19,24). The summed E-state index contributed by atoms with van der Waals surface area (Å²) in [6, 6.07) is 1.30. The van der Waals surface area contributed by atoms with Crippen molar-refractivity contribution in [3.8, 4) is 0 Å². The van der Waals surface area contributed by atoms with E-state index >= 15 is 0 Å². The maximum absolute atomic E-state index is 12.6. The Labute approximate surface area is 146 Å². The van der Waals surface area contributed by atoms with Gasteiger partial charge in [-0.1, -0.05) is 17.7 Å². The number of alkyl halides is 3. The number of carbonyl (C=O) groups is 1. The predicted molar refractivity (Wildman–Crippen MR) is 81.8 cm³/mol. The molecule has 2 rings (SSSR count). The van der Waals surface area contributed by atoms with E-state index in [9.17, 15) is 18.0 Å². The Bertz CT molecular complexity index is 778. The van der Waals surface area contributed by atoms with Gasteiger partial charge < -0.3 is 10.1 Å². The molecule has 0 radical (unpaired) electrons. The maximum Gasteiger partial charge on any atom is 0.433 e. The number of amides is 1. The number of hydrogen-bond acceptors (Lipinski definition) is 5. The molecule has 0 fully saturated rings. The van der Waals surface area contributed by atoms with Crippen LogP contribution in [0.1, 0.15) is 40.7 Å². The van der Waals surface area contributed by atoms with E-state index in [-0.39, 0.29) is 23.1 Å². The van der Waals surface area contributed by atoms with Crippen molar-refractivity contribution in [1.29, 1.82) is 0 Å². The van der Waals surface area contributed by atoms with Crippen LogP contribution in [0.3, 0.4) is 0 Å². The molecule has 1 unspecified atom stereocenters. The third-order valence-corrected chi connectivity index (χ3v) is 3.57. The molecule has 0 aliphatic heterocycles. The Kier molecular flexibility index (Phi) is 5.63. The molecular formula is C14H15ClF3N5O2. The van der Waals surface area contributed by atoms with Crippen molar-refractivity contribution < 1.29 is 22.7 Å². The maximum atomic E-state index is 12.6. The highest BCUT2D eigenvalue weighted by Crippen LogP contribution is 2.31. The van der Waals surface area contributed by atoms with Gasteiger partial charge >= 0.3 is 6.18 Å². The van der Waals surface area contributed by atoms with Crippen LogP contribution in [0.5, 0.6) is 0 Å². The number of halogens is 4. The van der Waals surface area contributed by atoms with Gasteiger partial charge in [-0.3, -0.25) is 4.79 Å². The number of pyridine rings is 1. The Balaban J connectivity index is 2.16. The number of aromatic nitrogens is 4. The van der Waals surface area contributed by atoms with E-state index in [1.165, 1.54) is 17.9 Å². The normalized spacial score (nSPS) is 12.9. The van der Waals surface area contributed by atoms with Crippen molar-refractivity contribution in [1.82, 2.24) is 25.1 Å². The number of hydrogen-bond donors (Lipinski definition) is 1. The second kappa shape index (κ2) is 7.36. The van der Waals surface area contributed by atoms with E-state index in [4.69, 9.17) is 16.3 Å². The number of carbonyl (C=O) groups excluding carboxylic acids is 1. The van der Waals surface area contributed by atoms with Gasteiger partial charge in [-0.2, -0.15) is 18.3 Å². The molecule has 2 aromatic heterocycles. The van der Waals surface area contributed by atoms with Gasteiger partial charge in [0.15, 0.2) is 5.82 Å². The summed E-state index contributed by atoms with van der Waals surface area (Å²) in [6.45, 7) is 1.71. The van der Waals surface area contributed by atoms with Gasteiger partial charge in [-0.15, -0.1) is 0 Å². The van der Waals surface area contributed by atoms with E-state index in [1.807, 2.05) is 0 Å². The van der Waals surface area contributed by atoms with Crippen LogP contribution in [0, 0.1) is 0 Å². The molecule has 0 aliphatic carbocycles. The van der Waals surface area contributed by atoms with E-state index in [0.29, 0.717) is 5.82 Å². The van der Waals surface area contributed by atoms with Crippen LogP contribution in [0.4, 0.5) is 13.2 Å². The van der Waals surface area contributed by atoms with Crippen LogP contribution in [-0.4, -0.2) is 32.8 Å². The van der Waals surface area contributed by atoms with Crippen LogP contribution in [-0.2, 0) is 24.6 Å². The molecule has 0 saturated carbocycles. The minimum Gasteiger partial charge on any atom is -0.377 e. The van der Waals surface area contributed by atoms with E-state index in [1.54, 1.807) is 14.0 Å². The van der Waals surface area contributed by atoms with Crippen molar-refractivity contribution in [3.05, 3.63) is 40.2 Å². The molecule has 0 aromatic carbocycles. The largest absolute Gasteiger partial charge is 0.433 e. The average Bonchev–Trinajstić information content (AvgIpc) is 2.87. The second-order valence-electron chi connectivity index (χ2n) is 5.18. The van der Waals surface area contributed by atoms with Gasteiger partial charge in [0.25, 0.3) is 5.91 Å². The van der Waals surface area contributed by atoms with Crippen molar-refractivity contribution in [3.63, 3.8) is 0 Å². The summed E-state index contributed by atoms with van der Waals surface area (Å²) in [5, 5.41) is 6.28. The number of rotatable bonds is 5. The number of ether oxygens (including phenoxy) is 1. The molecule has 11 heteroatoms. The lowest BCUT2D eigenvalue weighted by Gasteiger charge is -2.16. The lowest BCUT2D eigenvalue weighted by Crippen LogP contribution is -2.29. The summed E-state index contributed by atoms with van der Waals surface area (Å²) >= 11 is 5.82. The lowest BCUT2D eigenvalue weighted by molar-refractivity contribution is -0.141. The number of nitrogens with one attached hydrogen (secondary N) is 1. The van der Waals surface area contributed by atoms with Crippen LogP contribution in [0.2, 0.25) is 5.15 Å². The average molecular weight is 378 g/mol. The Morgan fingerprint density at radius 3 is 2.64 bits per heavy atom. The highest BCUT2D eigenvalue weighted by molar-refractivity contribution is 6.30. The summed E-state index contributed by atoms with van der Waals surface area (Å²) in [7, 11) is 3.01. The molecular weight excluding hydrogens is 363 g/mol. The van der Waals surface area contributed by atoms with Gasteiger partial charge in [0.05, 0.1) is 6.04 Å². The molecule has 0 saturated heterocycles. The van der Waals surface area contributed by atoms with E-state index < -0.39 is 23.8 Å². The first-order valence-electron chi connectivity index (χ1n) is 7.06. The SMILES string of the molecule is COCc1nc(C(=O)NC(C)c2ccc(C(F)(F)F)nc2Cl)n(C)n1. The molecule has 0 spiro atoms. The zero-order chi connectivity index (χ0) is 18.8. The summed E-state index contributed by atoms with van der Waals surface area (Å²) in [5.74, 6) is -0.187. The Hall–Kier alpha value is -2.20. The molecule has 7 nitrogen and oxygen atoms in total. The smallest absolute Gasteiger partial charge is 0.377 e. The minimum atomic E-state index is -4.59. The second-order valence-corrected chi connectivity index (χ2v) is 5.54. The number of nitrogens with zero attached hydrogens (tertiary/aromatic N) is 4. The summed E-state index contributed by atoms with van der Waals surface area (Å²) in [6.07, 6.45) is -4.59. The van der Waals surface area contributed by atoms with Gasteiger partial charge in [0.1, 0.15) is 17.5 Å². The topological polar surface area (TPSA) is 81.9 Å². The zero-order valence-corrected chi connectivity index (χ0v) is 14.3. The first-order chi connectivity index (χ1) is 11.6. The number of aryl methyl sites for hydroxylation is 1. The van der Waals surface area contributed by atoms with Crippen LogP contribution in [0.15, 0.2) is 12.1 Å². The quantitative estimate of drug-likeness (QED) is 0.810. The highest BCUT2D eigenvalue weighted by Gasteiger charge is 2.33. The minimum absolute atomic E-state index is 0.0369.